The molecule has 0 aliphatic heterocycles. The number of hydrogen-bond donors (Lipinski definition) is 2. The Balaban J connectivity index is 1.40. The average molecular weight is 567 g/mol. The van der Waals surface area contributed by atoms with E-state index in [0.29, 0.717) is 11.3 Å². The minimum absolute atomic E-state index is 0.00958. The second-order valence-corrected chi connectivity index (χ2v) is 12.7. The van der Waals surface area contributed by atoms with Crippen LogP contribution in [0.2, 0.25) is 0 Å². The van der Waals surface area contributed by atoms with E-state index in [1.165, 1.54) is 23.3 Å². The number of aryl methyl sites for hydroxylation is 2. The third-order valence-corrected chi connectivity index (χ3v) is 9.21. The zero-order valence-electron chi connectivity index (χ0n) is 23.6. The summed E-state index contributed by atoms with van der Waals surface area (Å²) in [6.07, 6.45) is 0. The van der Waals surface area contributed by atoms with Crippen molar-refractivity contribution >= 4 is 32.5 Å². The lowest BCUT2D eigenvalue weighted by Crippen LogP contribution is -2.27. The van der Waals surface area contributed by atoms with Gasteiger partial charge in [-0.2, -0.15) is 0 Å². The van der Waals surface area contributed by atoms with Crippen LogP contribution in [0.5, 0.6) is 0 Å². The first-order valence-electron chi connectivity index (χ1n) is 13.6. The Kier molecular flexibility index (Phi) is 7.80. The second kappa shape index (κ2) is 11.3. The van der Waals surface area contributed by atoms with Gasteiger partial charge in [-0.1, -0.05) is 55.0 Å². The van der Waals surface area contributed by atoms with Gasteiger partial charge in [-0.15, -0.1) is 0 Å². The summed E-state index contributed by atoms with van der Waals surface area (Å²) in [5.41, 5.74) is 13.8. The average Bonchev–Trinajstić information content (AvgIpc) is 3.35. The van der Waals surface area contributed by atoms with Gasteiger partial charge in [0.25, 0.3) is 0 Å². The van der Waals surface area contributed by atoms with Gasteiger partial charge in [-0.25, -0.2) is 13.4 Å². The number of anilines is 1. The first-order valence-corrected chi connectivity index (χ1v) is 15.3. The van der Waals surface area contributed by atoms with Gasteiger partial charge in [0.05, 0.1) is 27.7 Å². The Labute approximate surface area is 241 Å². The fourth-order valence-corrected chi connectivity index (χ4v) is 5.80. The first-order chi connectivity index (χ1) is 19.6. The number of imidazole rings is 1. The van der Waals surface area contributed by atoms with Crippen molar-refractivity contribution in [2.75, 3.05) is 11.1 Å². The Bertz CT molecular complexity index is 1810. The number of amides is 1. The number of fused-ring (bicyclic) bond motifs is 1. The zero-order valence-corrected chi connectivity index (χ0v) is 24.4. The monoisotopic (exact) mass is 566 g/mol. The highest BCUT2D eigenvalue weighted by Crippen LogP contribution is 2.33. The highest BCUT2D eigenvalue weighted by atomic mass is 32.2. The number of nitrogens with zero attached hydrogens (tertiary/aromatic N) is 2. The first kappa shape index (κ1) is 28.3. The molecule has 0 saturated heterocycles. The Morgan fingerprint density at radius 2 is 1.49 bits per heavy atom. The molecule has 8 heteroatoms. The van der Waals surface area contributed by atoms with E-state index in [9.17, 15) is 13.2 Å². The van der Waals surface area contributed by atoms with E-state index in [1.54, 1.807) is 19.1 Å². The molecule has 3 N–H and O–H groups in total. The minimum atomic E-state index is -3.32. The molecular weight excluding hydrogens is 532 g/mol. The van der Waals surface area contributed by atoms with Gasteiger partial charge in [0.2, 0.25) is 5.91 Å². The number of sulfone groups is 1. The van der Waals surface area contributed by atoms with Crippen LogP contribution in [0.3, 0.4) is 0 Å². The van der Waals surface area contributed by atoms with Gasteiger partial charge in [0.15, 0.2) is 9.84 Å². The Morgan fingerprint density at radius 3 is 2.12 bits per heavy atom. The third-order valence-electron chi connectivity index (χ3n) is 7.46. The molecule has 0 aliphatic carbocycles. The summed E-state index contributed by atoms with van der Waals surface area (Å²) in [6.45, 7) is 7.93. The van der Waals surface area contributed by atoms with Crippen molar-refractivity contribution in [2.45, 2.75) is 44.7 Å². The van der Waals surface area contributed by atoms with E-state index in [1.807, 2.05) is 30.3 Å². The number of hydrogen-bond acceptors (Lipinski definition) is 5. The van der Waals surface area contributed by atoms with Gasteiger partial charge in [-0.3, -0.25) is 4.79 Å². The summed E-state index contributed by atoms with van der Waals surface area (Å²) in [6, 6.07) is 27.6. The summed E-state index contributed by atoms with van der Waals surface area (Å²) in [7, 11) is -3.32. The van der Waals surface area contributed by atoms with Crippen molar-refractivity contribution in [3.05, 3.63) is 113 Å². The largest absolute Gasteiger partial charge is 0.324 e. The number of carbonyl (C=O) groups excluding carboxylic acids is 1. The molecule has 0 radical (unpaired) electrons. The molecule has 1 amide bonds. The molecular formula is C33H34N4O3S. The van der Waals surface area contributed by atoms with Crippen molar-refractivity contribution in [2.24, 2.45) is 5.73 Å². The second-order valence-electron chi connectivity index (χ2n) is 10.4. The van der Waals surface area contributed by atoms with Crippen molar-refractivity contribution in [1.29, 1.82) is 0 Å². The molecule has 41 heavy (non-hydrogen) atoms. The van der Waals surface area contributed by atoms with E-state index in [4.69, 9.17) is 10.7 Å². The topological polar surface area (TPSA) is 107 Å². The van der Waals surface area contributed by atoms with Crippen molar-refractivity contribution in [3.8, 4) is 11.4 Å². The van der Waals surface area contributed by atoms with Gasteiger partial charge >= 0.3 is 0 Å². The van der Waals surface area contributed by atoms with Gasteiger partial charge in [0, 0.05) is 11.3 Å². The molecule has 5 rings (SSSR count). The lowest BCUT2D eigenvalue weighted by Gasteiger charge is -2.19. The summed E-state index contributed by atoms with van der Waals surface area (Å²) in [5.74, 6) is 0.463. The summed E-state index contributed by atoms with van der Waals surface area (Å²) in [5, 5.41) is 2.87. The highest BCUT2D eigenvalue weighted by Gasteiger charge is 2.20. The molecule has 2 atom stereocenters. The Hall–Kier alpha value is -4.27. The maximum absolute atomic E-state index is 12.9. The van der Waals surface area contributed by atoms with Crippen molar-refractivity contribution in [3.63, 3.8) is 0 Å². The molecule has 7 nitrogen and oxygen atoms in total. The fourth-order valence-electron chi connectivity index (χ4n) is 4.92. The maximum Gasteiger partial charge on any atom is 0.245 e. The molecule has 5 aromatic rings. The van der Waals surface area contributed by atoms with E-state index >= 15 is 0 Å². The number of aromatic nitrogens is 2. The molecule has 0 saturated carbocycles. The highest BCUT2D eigenvalue weighted by molar-refractivity contribution is 7.91. The molecule has 0 aliphatic rings. The van der Waals surface area contributed by atoms with Crippen LogP contribution >= 0.6 is 0 Å². The number of carbonyl (C=O) groups is 1. The SMILES string of the molecule is CCS(=O)(=O)c1ccc(C(N)C(=O)Nc2ccc(-c3nc4ccc(C)cc4n3[C@@H](C)c3ccc(C)cc3)cc2)cc1. The Morgan fingerprint density at radius 1 is 0.878 bits per heavy atom. The fraction of sp³-hybridized carbons (Fsp3) is 0.212. The number of benzene rings is 4. The summed E-state index contributed by atoms with van der Waals surface area (Å²) < 4.78 is 26.4. The van der Waals surface area contributed by atoms with E-state index in [2.05, 4.69) is 67.1 Å². The number of nitrogens with one attached hydrogen (secondary N) is 1. The molecule has 4 aromatic carbocycles. The smallest absolute Gasteiger partial charge is 0.245 e. The van der Waals surface area contributed by atoms with Crippen LogP contribution in [0.1, 0.15) is 48.2 Å². The van der Waals surface area contributed by atoms with E-state index in [0.717, 1.165) is 28.0 Å². The third kappa shape index (κ3) is 5.80. The van der Waals surface area contributed by atoms with Crippen LogP contribution in [0.4, 0.5) is 5.69 Å². The van der Waals surface area contributed by atoms with Crippen molar-refractivity contribution < 1.29 is 13.2 Å². The quantitative estimate of drug-likeness (QED) is 0.227. The molecule has 1 aromatic heterocycles. The normalized spacial score (nSPS) is 13.2. The standard InChI is InChI=1S/C33H34N4O3S/c1-5-41(39,40)28-17-13-25(14-18-28)31(34)33(38)35-27-15-11-26(12-16-27)32-36-29-19-8-22(3)20-30(29)37(32)23(4)24-9-6-21(2)7-10-24/h6-20,23,31H,5,34H2,1-4H3,(H,35,38)/t23-,31?/m0/s1. The predicted octanol–water partition coefficient (Wildman–Crippen LogP) is 6.36. The summed E-state index contributed by atoms with van der Waals surface area (Å²) in [4.78, 5) is 18.1. The molecule has 0 bridgehead atoms. The van der Waals surface area contributed by atoms with Gasteiger partial charge < -0.3 is 15.6 Å². The maximum atomic E-state index is 12.9. The summed E-state index contributed by atoms with van der Waals surface area (Å²) >= 11 is 0. The molecule has 0 spiro atoms. The van der Waals surface area contributed by atoms with Crippen LogP contribution in [-0.4, -0.2) is 29.6 Å². The van der Waals surface area contributed by atoms with Crippen LogP contribution < -0.4 is 11.1 Å². The number of rotatable bonds is 8. The van der Waals surface area contributed by atoms with Crippen LogP contribution in [0, 0.1) is 13.8 Å². The number of nitrogens with two attached hydrogens (primary N) is 1. The van der Waals surface area contributed by atoms with Crippen LogP contribution in [-0.2, 0) is 14.6 Å². The van der Waals surface area contributed by atoms with Crippen LogP contribution in [0.15, 0.2) is 95.9 Å². The van der Waals surface area contributed by atoms with Crippen LogP contribution in [0.25, 0.3) is 22.4 Å². The lowest BCUT2D eigenvalue weighted by atomic mass is 10.1. The molecule has 1 heterocycles. The zero-order chi connectivity index (χ0) is 29.3. The molecule has 0 fully saturated rings. The van der Waals surface area contributed by atoms with Gasteiger partial charge in [0.1, 0.15) is 11.9 Å². The lowest BCUT2D eigenvalue weighted by molar-refractivity contribution is -0.117. The predicted molar refractivity (Wildman–Crippen MR) is 165 cm³/mol. The van der Waals surface area contributed by atoms with Crippen molar-refractivity contribution in [1.82, 2.24) is 9.55 Å². The molecule has 1 unspecified atom stereocenters. The van der Waals surface area contributed by atoms with E-state index < -0.39 is 15.9 Å². The minimum Gasteiger partial charge on any atom is -0.324 e. The van der Waals surface area contributed by atoms with E-state index in [-0.39, 0.29) is 22.6 Å². The molecule has 210 valence electrons. The van der Waals surface area contributed by atoms with Gasteiger partial charge in [-0.05, 0) is 86.0 Å².